The van der Waals surface area contributed by atoms with Crippen LogP contribution >= 0.6 is 16.2 Å². The van der Waals surface area contributed by atoms with Crippen molar-refractivity contribution in [1.82, 2.24) is 4.67 Å². The first-order valence-corrected chi connectivity index (χ1v) is 8.49. The summed E-state index contributed by atoms with van der Waals surface area (Å²) >= 11 is 0. The number of carbonyl (C=O) groups is 1. The van der Waals surface area contributed by atoms with E-state index in [0.717, 1.165) is 0 Å². The van der Waals surface area contributed by atoms with Gasteiger partial charge < -0.3 is 9.19 Å². The number of nitrogens with zero attached hydrogens (tertiary/aromatic N) is 1. The number of carbonyl (C=O) groups excluding carboxylic acids is 1. The van der Waals surface area contributed by atoms with E-state index in [9.17, 15) is 4.79 Å². The molecular formula is C8H19NO2P2. The zero-order valence-corrected chi connectivity index (χ0v) is 11.0. The molecule has 0 bridgehead atoms. The van der Waals surface area contributed by atoms with Crippen LogP contribution in [0.4, 0.5) is 0 Å². The number of likely N-dealkylation sites (N-methyl/N-ethyl adjacent to an activating group) is 1. The molecule has 1 atom stereocenters. The molecule has 0 aromatic rings. The lowest BCUT2D eigenvalue weighted by molar-refractivity contribution is -0.131. The Bertz CT molecular complexity index is 174. The molecule has 0 aliphatic rings. The molecule has 0 heterocycles. The summed E-state index contributed by atoms with van der Waals surface area (Å²) in [4.78, 5) is 11.6. The Balaban J connectivity index is 4.09. The first kappa shape index (κ1) is 13.3. The minimum Gasteiger partial charge on any atom is -0.347 e. The van der Waals surface area contributed by atoms with Crippen molar-refractivity contribution in [2.45, 2.75) is 13.0 Å². The number of rotatable bonds is 4. The molecule has 0 aromatic carbocycles. The largest absolute Gasteiger partial charge is 0.347 e. The number of hydrogen-bond donors (Lipinski definition) is 0. The summed E-state index contributed by atoms with van der Waals surface area (Å²) in [5.41, 5.74) is 0. The maximum Gasteiger partial charge on any atom is 0.254 e. The lowest BCUT2D eigenvalue weighted by Crippen LogP contribution is -2.31. The van der Waals surface area contributed by atoms with E-state index in [0.29, 0.717) is 0 Å². The summed E-state index contributed by atoms with van der Waals surface area (Å²) in [7, 11) is 1.03. The molecule has 0 radical (unpaired) electrons. The number of amides is 1. The minimum atomic E-state index is -0.457. The molecule has 0 saturated carbocycles. The lowest BCUT2D eigenvalue weighted by atomic mass is 10.4. The zero-order chi connectivity index (χ0) is 10.6. The molecule has 0 N–H and O–H groups in total. The topological polar surface area (TPSA) is 29.5 Å². The van der Waals surface area contributed by atoms with Crippen LogP contribution in [0, 0.1) is 0 Å². The Hall–Kier alpha value is 0.290. The fourth-order valence-electron chi connectivity index (χ4n) is 0.822. The second-order valence-electron chi connectivity index (χ2n) is 3.27. The SMILES string of the molecule is CC(OP(C)C)C(=O)N(C)P(C)C. The van der Waals surface area contributed by atoms with E-state index in [1.807, 2.05) is 27.3 Å². The van der Waals surface area contributed by atoms with Crippen molar-refractivity contribution in [2.75, 3.05) is 33.7 Å². The predicted molar refractivity (Wildman–Crippen MR) is 60.9 cm³/mol. The highest BCUT2D eigenvalue weighted by Crippen LogP contribution is 2.33. The molecule has 3 nitrogen and oxygen atoms in total. The molecule has 5 heteroatoms. The Kier molecular flexibility index (Phi) is 6.04. The molecule has 0 aliphatic carbocycles. The fraction of sp³-hybridized carbons (Fsp3) is 0.875. The molecular weight excluding hydrogens is 204 g/mol. The monoisotopic (exact) mass is 223 g/mol. The van der Waals surface area contributed by atoms with Crippen molar-refractivity contribution in [3.63, 3.8) is 0 Å². The molecule has 78 valence electrons. The van der Waals surface area contributed by atoms with Gasteiger partial charge in [0.25, 0.3) is 5.91 Å². The van der Waals surface area contributed by atoms with E-state index in [1.54, 1.807) is 4.67 Å². The smallest absolute Gasteiger partial charge is 0.254 e. The van der Waals surface area contributed by atoms with E-state index in [4.69, 9.17) is 4.52 Å². The third kappa shape index (κ3) is 4.90. The van der Waals surface area contributed by atoms with Crippen LogP contribution in [0.2, 0.25) is 0 Å². The van der Waals surface area contributed by atoms with Gasteiger partial charge >= 0.3 is 0 Å². The molecule has 1 unspecified atom stereocenters. The third-order valence-electron chi connectivity index (χ3n) is 1.64. The van der Waals surface area contributed by atoms with Gasteiger partial charge in [-0.25, -0.2) is 0 Å². The van der Waals surface area contributed by atoms with Gasteiger partial charge in [-0.2, -0.15) is 0 Å². The van der Waals surface area contributed by atoms with Crippen molar-refractivity contribution in [1.29, 1.82) is 0 Å². The van der Waals surface area contributed by atoms with Gasteiger partial charge in [-0.1, -0.05) is 0 Å². The molecule has 0 fully saturated rings. The second-order valence-corrected chi connectivity index (χ2v) is 7.40. The molecule has 0 spiro atoms. The van der Waals surface area contributed by atoms with Crippen molar-refractivity contribution >= 4 is 22.1 Å². The van der Waals surface area contributed by atoms with Crippen molar-refractivity contribution in [3.8, 4) is 0 Å². The maximum absolute atomic E-state index is 11.6. The quantitative estimate of drug-likeness (QED) is 0.683. The van der Waals surface area contributed by atoms with Gasteiger partial charge in [-0.15, -0.1) is 0 Å². The first-order valence-electron chi connectivity index (χ1n) is 4.15. The zero-order valence-electron chi connectivity index (χ0n) is 9.24. The Morgan fingerprint density at radius 1 is 1.31 bits per heavy atom. The summed E-state index contributed by atoms with van der Waals surface area (Å²) in [6.07, 6.45) is -0.295. The maximum atomic E-state index is 11.6. The second kappa shape index (κ2) is 5.90. The normalized spacial score (nSPS) is 13.5. The molecule has 0 saturated heterocycles. The van der Waals surface area contributed by atoms with Gasteiger partial charge in [0.1, 0.15) is 6.10 Å². The van der Waals surface area contributed by atoms with Crippen LogP contribution in [0.25, 0.3) is 0 Å². The fourth-order valence-corrected chi connectivity index (χ4v) is 2.10. The van der Waals surface area contributed by atoms with Crippen LogP contribution < -0.4 is 0 Å². The Morgan fingerprint density at radius 3 is 2.08 bits per heavy atom. The van der Waals surface area contributed by atoms with E-state index in [1.165, 1.54) is 0 Å². The van der Waals surface area contributed by atoms with Crippen LogP contribution in [-0.4, -0.2) is 50.4 Å². The van der Waals surface area contributed by atoms with Gasteiger partial charge in [0.05, 0.1) is 0 Å². The summed E-state index contributed by atoms with van der Waals surface area (Å²) < 4.78 is 7.24. The van der Waals surface area contributed by atoms with Crippen LogP contribution in [0.5, 0.6) is 0 Å². The van der Waals surface area contributed by atoms with E-state index >= 15 is 0 Å². The van der Waals surface area contributed by atoms with Gasteiger partial charge in [-0.05, 0) is 41.7 Å². The van der Waals surface area contributed by atoms with Gasteiger partial charge in [0, 0.05) is 15.2 Å². The summed E-state index contributed by atoms with van der Waals surface area (Å²) in [5.74, 6) is 0.0901. The molecule has 1 amide bonds. The van der Waals surface area contributed by atoms with Crippen molar-refractivity contribution < 1.29 is 9.32 Å². The Labute approximate surface area is 83.5 Å². The third-order valence-corrected chi connectivity index (χ3v) is 3.77. The molecule has 13 heavy (non-hydrogen) atoms. The minimum absolute atomic E-state index is 0.0901. The van der Waals surface area contributed by atoms with Crippen molar-refractivity contribution in [2.24, 2.45) is 0 Å². The lowest BCUT2D eigenvalue weighted by Gasteiger charge is -2.25. The molecule has 0 rings (SSSR count). The van der Waals surface area contributed by atoms with E-state index < -0.39 is 8.15 Å². The molecule has 0 aliphatic heterocycles. The first-order chi connectivity index (χ1) is 5.86. The highest BCUT2D eigenvalue weighted by atomic mass is 31.1. The standard InChI is InChI=1S/C8H19NO2P2/c1-7(11-13(5)6)8(10)9(2)12(3)4/h7H,1-6H3. The highest BCUT2D eigenvalue weighted by Gasteiger charge is 2.20. The van der Waals surface area contributed by atoms with E-state index in [2.05, 4.69) is 13.3 Å². The summed E-state index contributed by atoms with van der Waals surface area (Å²) in [6, 6.07) is 0. The van der Waals surface area contributed by atoms with Crippen LogP contribution in [0.15, 0.2) is 0 Å². The number of hydrogen-bond acceptors (Lipinski definition) is 2. The van der Waals surface area contributed by atoms with Gasteiger partial charge in [0.2, 0.25) is 0 Å². The van der Waals surface area contributed by atoms with Gasteiger partial charge in [-0.3, -0.25) is 4.79 Å². The molecule has 0 aromatic heterocycles. The van der Waals surface area contributed by atoms with E-state index in [-0.39, 0.29) is 20.1 Å². The predicted octanol–water partition coefficient (Wildman–Crippen LogP) is 2.16. The average molecular weight is 223 g/mol. The van der Waals surface area contributed by atoms with Crippen LogP contribution in [-0.2, 0) is 9.32 Å². The van der Waals surface area contributed by atoms with Crippen LogP contribution in [0.1, 0.15) is 6.92 Å². The average Bonchev–Trinajstić information content (AvgIpc) is 2.00. The summed E-state index contributed by atoms with van der Waals surface area (Å²) in [6.45, 7) is 9.93. The Morgan fingerprint density at radius 2 is 1.77 bits per heavy atom. The summed E-state index contributed by atoms with van der Waals surface area (Å²) in [5, 5.41) is 0. The van der Waals surface area contributed by atoms with Gasteiger partial charge in [0.15, 0.2) is 0 Å². The highest BCUT2D eigenvalue weighted by molar-refractivity contribution is 7.54. The van der Waals surface area contributed by atoms with Crippen molar-refractivity contribution in [3.05, 3.63) is 0 Å². The van der Waals surface area contributed by atoms with Crippen LogP contribution in [0.3, 0.4) is 0 Å².